The average molecular weight is 281 g/mol. The monoisotopic (exact) mass is 281 g/mol. The minimum atomic E-state index is -0.0347. The number of hydrogen-bond donors (Lipinski definition) is 1. The van der Waals surface area contributed by atoms with Gasteiger partial charge in [0.05, 0.1) is 12.0 Å². The van der Waals surface area contributed by atoms with Crippen molar-refractivity contribution in [1.29, 1.82) is 0 Å². The molecular formula is C11H15N5O2S. The third kappa shape index (κ3) is 4.09. The Morgan fingerprint density at radius 1 is 1.58 bits per heavy atom. The Kier molecular flexibility index (Phi) is 4.56. The molecule has 0 aliphatic heterocycles. The summed E-state index contributed by atoms with van der Waals surface area (Å²) in [6.07, 6.45) is 1.60. The van der Waals surface area contributed by atoms with Gasteiger partial charge in [0.15, 0.2) is 0 Å². The molecule has 102 valence electrons. The van der Waals surface area contributed by atoms with Gasteiger partial charge in [-0.25, -0.2) is 4.68 Å². The highest BCUT2D eigenvalue weighted by Crippen LogP contribution is 2.14. The zero-order valence-electron chi connectivity index (χ0n) is 10.7. The van der Waals surface area contributed by atoms with Crippen LogP contribution in [-0.4, -0.2) is 37.9 Å². The summed E-state index contributed by atoms with van der Waals surface area (Å²) in [5, 5.41) is 14.8. The lowest BCUT2D eigenvalue weighted by Gasteiger charge is -2.07. The number of amides is 1. The first kappa shape index (κ1) is 13.6. The van der Waals surface area contributed by atoms with Crippen LogP contribution in [0.3, 0.4) is 0 Å². The van der Waals surface area contributed by atoms with Crippen LogP contribution in [0.25, 0.3) is 0 Å². The number of rotatable bonds is 6. The normalized spacial score (nSPS) is 10.9. The number of tetrazole rings is 1. The third-order valence-electron chi connectivity index (χ3n) is 2.17. The highest BCUT2D eigenvalue weighted by molar-refractivity contribution is 7.99. The highest BCUT2D eigenvalue weighted by Gasteiger charge is 2.11. The van der Waals surface area contributed by atoms with Crippen LogP contribution in [0.5, 0.6) is 0 Å². The molecule has 0 saturated heterocycles. The molecule has 0 bridgehead atoms. The number of nitrogens with one attached hydrogen (secondary N) is 1. The first-order valence-electron chi connectivity index (χ1n) is 5.86. The SMILES string of the molecule is CC(C)NC(=O)CSc1nnnn1Cc1ccco1. The number of hydrogen-bond acceptors (Lipinski definition) is 6. The molecule has 0 radical (unpaired) electrons. The molecule has 0 aliphatic rings. The summed E-state index contributed by atoms with van der Waals surface area (Å²) in [5.74, 6) is 1.02. The van der Waals surface area contributed by atoms with E-state index in [1.165, 1.54) is 11.8 Å². The van der Waals surface area contributed by atoms with Crippen molar-refractivity contribution in [2.75, 3.05) is 5.75 Å². The molecule has 19 heavy (non-hydrogen) atoms. The molecule has 0 aliphatic carbocycles. The number of carbonyl (C=O) groups excluding carboxylic acids is 1. The molecule has 0 spiro atoms. The molecule has 0 saturated carbocycles. The average Bonchev–Trinajstić information content (AvgIpc) is 2.98. The van der Waals surface area contributed by atoms with Gasteiger partial charge in [0.1, 0.15) is 12.3 Å². The summed E-state index contributed by atoms with van der Waals surface area (Å²) in [4.78, 5) is 11.5. The highest BCUT2D eigenvalue weighted by atomic mass is 32.2. The van der Waals surface area contributed by atoms with Gasteiger partial charge in [-0.05, 0) is 36.4 Å². The van der Waals surface area contributed by atoms with Crippen LogP contribution in [0.1, 0.15) is 19.6 Å². The molecule has 2 heterocycles. The van der Waals surface area contributed by atoms with Crippen molar-refractivity contribution in [3.05, 3.63) is 24.2 Å². The minimum absolute atomic E-state index is 0.0347. The van der Waals surface area contributed by atoms with Crippen molar-refractivity contribution in [2.45, 2.75) is 31.6 Å². The van der Waals surface area contributed by atoms with Crippen molar-refractivity contribution < 1.29 is 9.21 Å². The van der Waals surface area contributed by atoms with Crippen LogP contribution in [0, 0.1) is 0 Å². The van der Waals surface area contributed by atoms with E-state index >= 15 is 0 Å². The quantitative estimate of drug-likeness (QED) is 0.793. The Labute approximate surface area is 114 Å². The van der Waals surface area contributed by atoms with Crippen LogP contribution in [0.2, 0.25) is 0 Å². The zero-order valence-corrected chi connectivity index (χ0v) is 11.6. The second-order valence-electron chi connectivity index (χ2n) is 4.21. The summed E-state index contributed by atoms with van der Waals surface area (Å²) in [7, 11) is 0. The largest absolute Gasteiger partial charge is 0.467 e. The first-order chi connectivity index (χ1) is 9.15. The maximum absolute atomic E-state index is 11.5. The summed E-state index contributed by atoms with van der Waals surface area (Å²) in [6.45, 7) is 4.29. The van der Waals surface area contributed by atoms with E-state index in [0.717, 1.165) is 5.76 Å². The molecule has 0 atom stereocenters. The van der Waals surface area contributed by atoms with Crippen molar-refractivity contribution in [2.24, 2.45) is 0 Å². The van der Waals surface area contributed by atoms with Crippen LogP contribution in [0.15, 0.2) is 28.0 Å². The van der Waals surface area contributed by atoms with E-state index in [-0.39, 0.29) is 17.7 Å². The van der Waals surface area contributed by atoms with Crippen molar-refractivity contribution >= 4 is 17.7 Å². The van der Waals surface area contributed by atoms with E-state index in [2.05, 4.69) is 20.8 Å². The van der Waals surface area contributed by atoms with E-state index in [1.54, 1.807) is 10.9 Å². The van der Waals surface area contributed by atoms with E-state index < -0.39 is 0 Å². The Morgan fingerprint density at radius 2 is 2.42 bits per heavy atom. The van der Waals surface area contributed by atoms with Gasteiger partial charge in [-0.1, -0.05) is 11.8 Å². The fourth-order valence-corrected chi connectivity index (χ4v) is 2.13. The molecule has 7 nitrogen and oxygen atoms in total. The van der Waals surface area contributed by atoms with Crippen LogP contribution < -0.4 is 5.32 Å². The molecule has 2 rings (SSSR count). The number of aromatic nitrogens is 4. The second-order valence-corrected chi connectivity index (χ2v) is 5.15. The molecular weight excluding hydrogens is 266 g/mol. The summed E-state index contributed by atoms with van der Waals surface area (Å²) >= 11 is 1.30. The lowest BCUT2D eigenvalue weighted by molar-refractivity contribution is -0.119. The van der Waals surface area contributed by atoms with Crippen LogP contribution >= 0.6 is 11.8 Å². The number of carbonyl (C=O) groups is 1. The predicted molar refractivity (Wildman–Crippen MR) is 69.6 cm³/mol. The summed E-state index contributed by atoms with van der Waals surface area (Å²) in [5.41, 5.74) is 0. The predicted octanol–water partition coefficient (Wildman–Crippen LogP) is 0.931. The molecule has 0 aromatic carbocycles. The zero-order chi connectivity index (χ0) is 13.7. The van der Waals surface area contributed by atoms with Gasteiger partial charge in [0.2, 0.25) is 11.1 Å². The van der Waals surface area contributed by atoms with E-state index in [9.17, 15) is 4.79 Å². The molecule has 0 unspecified atom stereocenters. The summed E-state index contributed by atoms with van der Waals surface area (Å²) < 4.78 is 6.84. The smallest absolute Gasteiger partial charge is 0.230 e. The number of nitrogens with zero attached hydrogens (tertiary/aromatic N) is 4. The maximum atomic E-state index is 11.5. The van der Waals surface area contributed by atoms with Crippen molar-refractivity contribution in [1.82, 2.24) is 25.5 Å². The van der Waals surface area contributed by atoms with Gasteiger partial charge in [-0.15, -0.1) is 5.10 Å². The summed E-state index contributed by atoms with van der Waals surface area (Å²) in [6, 6.07) is 3.79. The Morgan fingerprint density at radius 3 is 3.11 bits per heavy atom. The Balaban J connectivity index is 1.91. The second kappa shape index (κ2) is 6.37. The lowest BCUT2D eigenvalue weighted by atomic mass is 10.4. The Bertz CT molecular complexity index is 523. The van der Waals surface area contributed by atoms with E-state index in [0.29, 0.717) is 11.7 Å². The lowest BCUT2D eigenvalue weighted by Crippen LogP contribution is -2.31. The molecule has 2 aromatic rings. The van der Waals surface area contributed by atoms with Gasteiger partial charge < -0.3 is 9.73 Å². The molecule has 8 heteroatoms. The van der Waals surface area contributed by atoms with Gasteiger partial charge in [-0.3, -0.25) is 4.79 Å². The van der Waals surface area contributed by atoms with E-state index in [1.807, 2.05) is 26.0 Å². The Hall–Kier alpha value is -1.83. The van der Waals surface area contributed by atoms with Crippen molar-refractivity contribution in [3.8, 4) is 0 Å². The standard InChI is InChI=1S/C11H15N5O2S/c1-8(2)12-10(17)7-19-11-13-14-15-16(11)6-9-4-3-5-18-9/h3-5,8H,6-7H2,1-2H3,(H,12,17). The first-order valence-corrected chi connectivity index (χ1v) is 6.84. The molecule has 1 amide bonds. The van der Waals surface area contributed by atoms with E-state index in [4.69, 9.17) is 4.42 Å². The molecule has 1 N–H and O–H groups in total. The third-order valence-corrected chi connectivity index (χ3v) is 3.12. The van der Waals surface area contributed by atoms with Crippen LogP contribution in [-0.2, 0) is 11.3 Å². The van der Waals surface area contributed by atoms with Gasteiger partial charge in [0.25, 0.3) is 0 Å². The molecule has 2 aromatic heterocycles. The van der Waals surface area contributed by atoms with Gasteiger partial charge in [0, 0.05) is 6.04 Å². The number of furan rings is 1. The van der Waals surface area contributed by atoms with Gasteiger partial charge in [-0.2, -0.15) is 0 Å². The van der Waals surface area contributed by atoms with Crippen molar-refractivity contribution in [3.63, 3.8) is 0 Å². The van der Waals surface area contributed by atoms with Gasteiger partial charge >= 0.3 is 0 Å². The fraction of sp³-hybridized carbons (Fsp3) is 0.455. The maximum Gasteiger partial charge on any atom is 0.230 e. The van der Waals surface area contributed by atoms with Crippen LogP contribution in [0.4, 0.5) is 0 Å². The topological polar surface area (TPSA) is 85.8 Å². The fourth-order valence-electron chi connectivity index (χ4n) is 1.44. The minimum Gasteiger partial charge on any atom is -0.467 e. The molecule has 0 fully saturated rings. The number of thioether (sulfide) groups is 1.